The number of thiazole rings is 2. The highest BCUT2D eigenvalue weighted by molar-refractivity contribution is 7.98. The minimum atomic E-state index is -0.00475. The maximum Gasteiger partial charge on any atom is 0.276 e. The standard InChI is InChI=1S/C15H17N5O2S3/c1-4-20(10(3)21)14-17-12(7-24-14)8-25-15-19-18-13(22-15)5-11-6-23-9(2)16-11/h6-7H,4-5,8H2,1-3H3. The molecule has 1 amide bonds. The van der Waals surface area contributed by atoms with Crippen molar-refractivity contribution in [3.05, 3.63) is 33.0 Å². The number of nitrogens with zero attached hydrogens (tertiary/aromatic N) is 5. The smallest absolute Gasteiger partial charge is 0.276 e. The maximum absolute atomic E-state index is 11.6. The van der Waals surface area contributed by atoms with Crippen LogP contribution in [0.15, 0.2) is 20.4 Å². The minimum Gasteiger partial charge on any atom is -0.416 e. The van der Waals surface area contributed by atoms with Gasteiger partial charge in [0.05, 0.1) is 22.8 Å². The molecule has 0 radical (unpaired) electrons. The number of aryl methyl sites for hydroxylation is 1. The van der Waals surface area contributed by atoms with Crippen molar-refractivity contribution in [1.29, 1.82) is 0 Å². The molecule has 0 atom stereocenters. The molecule has 0 aliphatic carbocycles. The molecule has 3 aromatic heterocycles. The Bertz CT molecular complexity index is 857. The molecule has 10 heteroatoms. The Labute approximate surface area is 157 Å². The van der Waals surface area contributed by atoms with Gasteiger partial charge in [0.1, 0.15) is 0 Å². The Morgan fingerprint density at radius 2 is 2.04 bits per heavy atom. The van der Waals surface area contributed by atoms with Gasteiger partial charge in [-0.25, -0.2) is 9.97 Å². The highest BCUT2D eigenvalue weighted by atomic mass is 32.2. The van der Waals surface area contributed by atoms with Gasteiger partial charge in [-0.3, -0.25) is 9.69 Å². The van der Waals surface area contributed by atoms with Gasteiger partial charge in [-0.1, -0.05) is 11.8 Å². The fourth-order valence-corrected chi connectivity index (χ4v) is 4.45. The molecule has 3 aromatic rings. The molecule has 3 rings (SSSR count). The molecule has 3 heterocycles. The second kappa shape index (κ2) is 8.07. The predicted molar refractivity (Wildman–Crippen MR) is 99.3 cm³/mol. The first kappa shape index (κ1) is 18.0. The Hall–Kier alpha value is -1.78. The molecule has 132 valence electrons. The number of anilines is 1. The summed E-state index contributed by atoms with van der Waals surface area (Å²) in [6.07, 6.45) is 0.544. The zero-order chi connectivity index (χ0) is 17.8. The lowest BCUT2D eigenvalue weighted by molar-refractivity contribution is -0.116. The lowest BCUT2D eigenvalue weighted by atomic mass is 10.3. The third-order valence-electron chi connectivity index (χ3n) is 3.26. The number of hydrogen-bond donors (Lipinski definition) is 0. The summed E-state index contributed by atoms with van der Waals surface area (Å²) in [4.78, 5) is 22.1. The van der Waals surface area contributed by atoms with E-state index in [2.05, 4.69) is 20.2 Å². The van der Waals surface area contributed by atoms with Gasteiger partial charge < -0.3 is 4.42 Å². The first-order chi connectivity index (χ1) is 12.0. The highest BCUT2D eigenvalue weighted by Crippen LogP contribution is 2.26. The topological polar surface area (TPSA) is 85.0 Å². The van der Waals surface area contributed by atoms with E-state index >= 15 is 0 Å². The summed E-state index contributed by atoms with van der Waals surface area (Å²) >= 11 is 4.50. The Morgan fingerprint density at radius 1 is 1.24 bits per heavy atom. The zero-order valence-corrected chi connectivity index (χ0v) is 16.5. The summed E-state index contributed by atoms with van der Waals surface area (Å²) in [6.45, 7) is 6.06. The SMILES string of the molecule is CCN(C(C)=O)c1nc(CSc2nnc(Cc3csc(C)n3)o2)cs1. The van der Waals surface area contributed by atoms with E-state index in [1.54, 1.807) is 23.2 Å². The number of rotatable bonds is 7. The van der Waals surface area contributed by atoms with Crippen LogP contribution in [0.5, 0.6) is 0 Å². The fourth-order valence-electron chi connectivity index (χ4n) is 2.13. The number of amides is 1. The van der Waals surface area contributed by atoms with E-state index in [1.807, 2.05) is 24.6 Å². The van der Waals surface area contributed by atoms with Crippen LogP contribution in [0.2, 0.25) is 0 Å². The summed E-state index contributed by atoms with van der Waals surface area (Å²) in [7, 11) is 0. The van der Waals surface area contributed by atoms with Crippen molar-refractivity contribution in [3.63, 3.8) is 0 Å². The number of carbonyl (C=O) groups is 1. The molecule has 0 fully saturated rings. The number of carbonyl (C=O) groups excluding carboxylic acids is 1. The van der Waals surface area contributed by atoms with Gasteiger partial charge in [0.2, 0.25) is 11.8 Å². The molecule has 0 bridgehead atoms. The average molecular weight is 396 g/mol. The summed E-state index contributed by atoms with van der Waals surface area (Å²) in [5, 5.41) is 14.3. The normalized spacial score (nSPS) is 11.0. The van der Waals surface area contributed by atoms with Crippen molar-refractivity contribution in [1.82, 2.24) is 20.2 Å². The zero-order valence-electron chi connectivity index (χ0n) is 14.1. The third kappa shape index (κ3) is 4.65. The van der Waals surface area contributed by atoms with Gasteiger partial charge in [-0.15, -0.1) is 32.9 Å². The lowest BCUT2D eigenvalue weighted by Crippen LogP contribution is -2.27. The lowest BCUT2D eigenvalue weighted by Gasteiger charge is -2.14. The molecule has 0 saturated carbocycles. The largest absolute Gasteiger partial charge is 0.416 e. The van der Waals surface area contributed by atoms with E-state index in [1.165, 1.54) is 23.1 Å². The molecule has 0 unspecified atom stereocenters. The van der Waals surface area contributed by atoms with Crippen LogP contribution in [0, 0.1) is 6.92 Å². The molecule has 0 aliphatic heterocycles. The van der Waals surface area contributed by atoms with Crippen molar-refractivity contribution < 1.29 is 9.21 Å². The molecular formula is C15H17N5O2S3. The predicted octanol–water partition coefficient (Wildman–Crippen LogP) is 3.55. The van der Waals surface area contributed by atoms with E-state index < -0.39 is 0 Å². The van der Waals surface area contributed by atoms with Gasteiger partial charge in [0.25, 0.3) is 5.22 Å². The highest BCUT2D eigenvalue weighted by Gasteiger charge is 2.15. The molecule has 0 aromatic carbocycles. The van der Waals surface area contributed by atoms with Gasteiger partial charge in [0, 0.05) is 30.0 Å². The number of thioether (sulfide) groups is 1. The van der Waals surface area contributed by atoms with Gasteiger partial charge in [-0.2, -0.15) is 0 Å². The monoisotopic (exact) mass is 395 g/mol. The molecular weight excluding hydrogens is 378 g/mol. The van der Waals surface area contributed by atoms with Crippen LogP contribution >= 0.6 is 34.4 Å². The molecule has 0 aliphatic rings. The van der Waals surface area contributed by atoms with Crippen molar-refractivity contribution in [3.8, 4) is 0 Å². The average Bonchev–Trinajstić information content (AvgIpc) is 3.28. The molecule has 25 heavy (non-hydrogen) atoms. The van der Waals surface area contributed by atoms with Crippen molar-refractivity contribution >= 4 is 45.5 Å². The fraction of sp³-hybridized carbons (Fsp3) is 0.400. The van der Waals surface area contributed by atoms with Gasteiger partial charge in [-0.05, 0) is 13.8 Å². The van der Waals surface area contributed by atoms with Crippen LogP contribution in [-0.4, -0.2) is 32.6 Å². The Morgan fingerprint density at radius 3 is 2.72 bits per heavy atom. The van der Waals surface area contributed by atoms with Crippen LogP contribution < -0.4 is 4.90 Å². The van der Waals surface area contributed by atoms with E-state index in [0.29, 0.717) is 29.8 Å². The van der Waals surface area contributed by atoms with E-state index in [4.69, 9.17) is 4.42 Å². The van der Waals surface area contributed by atoms with Crippen LogP contribution in [0.1, 0.15) is 36.1 Å². The summed E-state index contributed by atoms with van der Waals surface area (Å²) in [5.41, 5.74) is 1.83. The van der Waals surface area contributed by atoms with Crippen LogP contribution in [-0.2, 0) is 17.0 Å². The molecule has 0 spiro atoms. The van der Waals surface area contributed by atoms with E-state index in [0.717, 1.165) is 21.5 Å². The first-order valence-electron chi connectivity index (χ1n) is 7.64. The third-order valence-corrected chi connectivity index (χ3v) is 5.84. The van der Waals surface area contributed by atoms with Gasteiger partial charge >= 0.3 is 0 Å². The summed E-state index contributed by atoms with van der Waals surface area (Å²) in [5.74, 6) is 1.17. The van der Waals surface area contributed by atoms with Crippen molar-refractivity contribution in [2.24, 2.45) is 0 Å². The van der Waals surface area contributed by atoms with Crippen LogP contribution in [0.25, 0.3) is 0 Å². The quantitative estimate of drug-likeness (QED) is 0.566. The molecule has 0 saturated heterocycles. The molecule has 0 N–H and O–H groups in total. The molecule has 7 nitrogen and oxygen atoms in total. The second-order valence-electron chi connectivity index (χ2n) is 5.17. The van der Waals surface area contributed by atoms with Crippen molar-refractivity contribution in [2.75, 3.05) is 11.4 Å². The van der Waals surface area contributed by atoms with Crippen molar-refractivity contribution in [2.45, 2.75) is 38.2 Å². The number of aromatic nitrogens is 4. The number of hydrogen-bond acceptors (Lipinski definition) is 9. The first-order valence-corrected chi connectivity index (χ1v) is 10.4. The van der Waals surface area contributed by atoms with Crippen LogP contribution in [0.3, 0.4) is 0 Å². The Balaban J connectivity index is 1.57. The second-order valence-corrected chi connectivity index (χ2v) is 8.00. The van der Waals surface area contributed by atoms with E-state index in [-0.39, 0.29) is 5.91 Å². The van der Waals surface area contributed by atoms with Crippen LogP contribution in [0.4, 0.5) is 5.13 Å². The minimum absolute atomic E-state index is 0.00475. The van der Waals surface area contributed by atoms with Gasteiger partial charge in [0.15, 0.2) is 5.13 Å². The summed E-state index contributed by atoms with van der Waals surface area (Å²) in [6, 6.07) is 0. The maximum atomic E-state index is 11.6. The van der Waals surface area contributed by atoms with E-state index in [9.17, 15) is 4.79 Å². The Kier molecular flexibility index (Phi) is 5.82. The summed E-state index contributed by atoms with van der Waals surface area (Å²) < 4.78 is 5.65.